The summed E-state index contributed by atoms with van der Waals surface area (Å²) in [5, 5.41) is 2.83. The van der Waals surface area contributed by atoms with Gasteiger partial charge in [-0.05, 0) is 31.2 Å². The molecule has 7 heteroatoms. The average Bonchev–Trinajstić information content (AvgIpc) is 2.66. The molecule has 7 nitrogen and oxygen atoms in total. The van der Waals surface area contributed by atoms with Crippen molar-refractivity contribution in [2.45, 2.75) is 6.92 Å². The molecule has 3 rings (SSSR count). The average molecular weight is 365 g/mol. The van der Waals surface area contributed by atoms with E-state index in [0.717, 1.165) is 0 Å². The maximum atomic E-state index is 12.6. The molecule has 2 N–H and O–H groups in total. The third-order valence-corrected chi connectivity index (χ3v) is 3.92. The van der Waals surface area contributed by atoms with Crippen molar-refractivity contribution in [3.8, 4) is 22.9 Å². The highest BCUT2D eigenvalue weighted by molar-refractivity contribution is 6.06. The summed E-state index contributed by atoms with van der Waals surface area (Å²) in [5.74, 6) is 1.13. The van der Waals surface area contributed by atoms with Gasteiger partial charge in [-0.3, -0.25) is 9.59 Å². The lowest BCUT2D eigenvalue weighted by atomic mass is 10.1. The Kier molecular flexibility index (Phi) is 5.21. The van der Waals surface area contributed by atoms with Gasteiger partial charge in [0.25, 0.3) is 11.5 Å². The molecule has 0 bridgehead atoms. The Morgan fingerprint density at radius 2 is 1.89 bits per heavy atom. The van der Waals surface area contributed by atoms with Crippen LogP contribution in [0, 0.1) is 6.92 Å². The quantitative estimate of drug-likeness (QED) is 0.725. The van der Waals surface area contributed by atoms with Crippen LogP contribution >= 0.6 is 0 Å². The first-order chi connectivity index (χ1) is 13.0. The number of amides is 1. The zero-order valence-corrected chi connectivity index (χ0v) is 15.2. The van der Waals surface area contributed by atoms with Gasteiger partial charge in [-0.1, -0.05) is 12.1 Å². The molecule has 2 aromatic carbocycles. The Morgan fingerprint density at radius 1 is 1.07 bits per heavy atom. The number of rotatable bonds is 5. The number of carbonyl (C=O) groups excluding carboxylic acids is 1. The Morgan fingerprint density at radius 3 is 2.59 bits per heavy atom. The van der Waals surface area contributed by atoms with Gasteiger partial charge < -0.3 is 19.8 Å². The molecule has 0 aliphatic heterocycles. The molecule has 0 saturated heterocycles. The molecule has 1 amide bonds. The predicted octanol–water partition coefficient (Wildman–Crippen LogP) is 3.01. The Hall–Kier alpha value is -3.61. The van der Waals surface area contributed by atoms with Crippen LogP contribution in [-0.2, 0) is 0 Å². The molecule has 1 heterocycles. The molecular weight excluding hydrogens is 346 g/mol. The minimum atomic E-state index is -0.322. The van der Waals surface area contributed by atoms with E-state index in [1.54, 1.807) is 56.5 Å². The Balaban J connectivity index is 1.88. The highest BCUT2D eigenvalue weighted by Gasteiger charge is 2.14. The number of aromatic nitrogens is 2. The molecule has 0 aliphatic rings. The standard InChI is InChI=1S/C20H19N3O4/c1-12-9-18(24)23-19(21-12)13-5-4-6-14(10-13)22-20(25)16-8-7-15(26-2)11-17(16)27-3/h4-11H,1-3H3,(H,22,25)(H,21,23,24). The SMILES string of the molecule is COc1ccc(C(=O)Nc2cccc(-c3nc(C)cc(=O)[nH]3)c2)c(OC)c1. The van der Waals surface area contributed by atoms with Crippen molar-refractivity contribution in [2.75, 3.05) is 19.5 Å². The third kappa shape index (κ3) is 4.14. The molecule has 27 heavy (non-hydrogen) atoms. The number of H-pyrrole nitrogens is 1. The van der Waals surface area contributed by atoms with E-state index in [2.05, 4.69) is 15.3 Å². The van der Waals surface area contributed by atoms with Crippen molar-refractivity contribution in [1.82, 2.24) is 9.97 Å². The van der Waals surface area contributed by atoms with Crippen LogP contribution in [0.3, 0.4) is 0 Å². The molecule has 1 aromatic heterocycles. The van der Waals surface area contributed by atoms with Gasteiger partial charge in [0.1, 0.15) is 17.3 Å². The third-order valence-electron chi connectivity index (χ3n) is 3.92. The van der Waals surface area contributed by atoms with Crippen LogP contribution in [0.2, 0.25) is 0 Å². The van der Waals surface area contributed by atoms with E-state index in [1.807, 2.05) is 0 Å². The van der Waals surface area contributed by atoms with E-state index in [9.17, 15) is 9.59 Å². The van der Waals surface area contributed by atoms with Crippen LogP contribution in [0.4, 0.5) is 5.69 Å². The van der Waals surface area contributed by atoms with Crippen LogP contribution < -0.4 is 20.3 Å². The lowest BCUT2D eigenvalue weighted by molar-refractivity contribution is 0.102. The lowest BCUT2D eigenvalue weighted by Crippen LogP contribution is -2.13. The molecule has 0 fully saturated rings. The maximum absolute atomic E-state index is 12.6. The van der Waals surface area contributed by atoms with Gasteiger partial charge in [0.05, 0.1) is 19.8 Å². The number of aromatic amines is 1. The number of nitrogens with one attached hydrogen (secondary N) is 2. The fraction of sp³-hybridized carbons (Fsp3) is 0.150. The largest absolute Gasteiger partial charge is 0.497 e. The molecule has 0 unspecified atom stereocenters. The van der Waals surface area contributed by atoms with Crippen LogP contribution in [-0.4, -0.2) is 30.1 Å². The number of ether oxygens (including phenoxy) is 2. The first-order valence-corrected chi connectivity index (χ1v) is 8.22. The van der Waals surface area contributed by atoms with Gasteiger partial charge in [-0.25, -0.2) is 4.98 Å². The molecule has 138 valence electrons. The zero-order valence-electron chi connectivity index (χ0n) is 15.2. The van der Waals surface area contributed by atoms with Gasteiger partial charge in [0.2, 0.25) is 0 Å². The summed E-state index contributed by atoms with van der Waals surface area (Å²) in [6.07, 6.45) is 0. The summed E-state index contributed by atoms with van der Waals surface area (Å²) in [6, 6.07) is 13.5. The molecule has 3 aromatic rings. The van der Waals surface area contributed by atoms with Crippen molar-refractivity contribution < 1.29 is 14.3 Å². The normalized spacial score (nSPS) is 10.3. The molecule has 0 atom stereocenters. The highest BCUT2D eigenvalue weighted by atomic mass is 16.5. The Bertz CT molecular complexity index is 1040. The van der Waals surface area contributed by atoms with Crippen molar-refractivity contribution in [1.29, 1.82) is 0 Å². The second-order valence-electron chi connectivity index (χ2n) is 5.84. The fourth-order valence-corrected chi connectivity index (χ4v) is 2.64. The molecule has 0 spiro atoms. The topological polar surface area (TPSA) is 93.3 Å². The van der Waals surface area contributed by atoms with Crippen molar-refractivity contribution in [2.24, 2.45) is 0 Å². The first kappa shape index (κ1) is 18.2. The van der Waals surface area contributed by atoms with Gasteiger partial charge in [-0.15, -0.1) is 0 Å². The van der Waals surface area contributed by atoms with Crippen LogP contribution in [0.5, 0.6) is 11.5 Å². The number of nitrogens with zero attached hydrogens (tertiary/aromatic N) is 1. The van der Waals surface area contributed by atoms with E-state index in [0.29, 0.717) is 39.8 Å². The number of carbonyl (C=O) groups is 1. The van der Waals surface area contributed by atoms with E-state index in [1.165, 1.54) is 13.2 Å². The number of hydrogen-bond acceptors (Lipinski definition) is 5. The summed E-state index contributed by atoms with van der Waals surface area (Å²) in [6.45, 7) is 1.75. The summed E-state index contributed by atoms with van der Waals surface area (Å²) < 4.78 is 10.4. The first-order valence-electron chi connectivity index (χ1n) is 8.22. The van der Waals surface area contributed by atoms with E-state index in [4.69, 9.17) is 9.47 Å². The summed E-state index contributed by atoms with van der Waals surface area (Å²) in [5.41, 5.74) is 2.03. The van der Waals surface area contributed by atoms with Crippen LogP contribution in [0.25, 0.3) is 11.4 Å². The van der Waals surface area contributed by atoms with Crippen molar-refractivity contribution in [3.05, 3.63) is 70.1 Å². The summed E-state index contributed by atoms with van der Waals surface area (Å²) in [4.78, 5) is 31.3. The summed E-state index contributed by atoms with van der Waals surface area (Å²) in [7, 11) is 3.04. The number of hydrogen-bond donors (Lipinski definition) is 2. The number of methoxy groups -OCH3 is 2. The van der Waals surface area contributed by atoms with Gasteiger partial charge in [0, 0.05) is 29.1 Å². The lowest BCUT2D eigenvalue weighted by Gasteiger charge is -2.11. The van der Waals surface area contributed by atoms with E-state index in [-0.39, 0.29) is 11.5 Å². The molecule has 0 aliphatic carbocycles. The van der Waals surface area contributed by atoms with Crippen LogP contribution in [0.15, 0.2) is 53.3 Å². The molecular formula is C20H19N3O4. The summed E-state index contributed by atoms with van der Waals surface area (Å²) >= 11 is 0. The second-order valence-corrected chi connectivity index (χ2v) is 5.84. The number of anilines is 1. The zero-order chi connectivity index (χ0) is 19.4. The molecule has 0 radical (unpaired) electrons. The predicted molar refractivity (Wildman–Crippen MR) is 103 cm³/mol. The van der Waals surface area contributed by atoms with E-state index >= 15 is 0 Å². The second kappa shape index (κ2) is 7.74. The maximum Gasteiger partial charge on any atom is 0.259 e. The fourth-order valence-electron chi connectivity index (χ4n) is 2.64. The minimum Gasteiger partial charge on any atom is -0.497 e. The van der Waals surface area contributed by atoms with Crippen molar-refractivity contribution >= 4 is 11.6 Å². The minimum absolute atomic E-state index is 0.227. The smallest absolute Gasteiger partial charge is 0.259 e. The van der Waals surface area contributed by atoms with Gasteiger partial charge in [-0.2, -0.15) is 0 Å². The van der Waals surface area contributed by atoms with E-state index < -0.39 is 0 Å². The number of aryl methyl sites for hydroxylation is 1. The monoisotopic (exact) mass is 365 g/mol. The highest BCUT2D eigenvalue weighted by Crippen LogP contribution is 2.26. The van der Waals surface area contributed by atoms with Gasteiger partial charge >= 0.3 is 0 Å². The Labute approximate surface area is 156 Å². The van der Waals surface area contributed by atoms with Crippen LogP contribution in [0.1, 0.15) is 16.1 Å². The van der Waals surface area contributed by atoms with Crippen molar-refractivity contribution in [3.63, 3.8) is 0 Å². The van der Waals surface area contributed by atoms with Gasteiger partial charge in [0.15, 0.2) is 0 Å². The molecule has 0 saturated carbocycles. The number of benzene rings is 2.